The van der Waals surface area contributed by atoms with Crippen molar-refractivity contribution in [3.8, 4) is 78.7 Å². The van der Waals surface area contributed by atoms with Gasteiger partial charge >= 0.3 is 0 Å². The first-order chi connectivity index (χ1) is 30.7. The van der Waals surface area contributed by atoms with E-state index in [1.54, 1.807) is 0 Å². The summed E-state index contributed by atoms with van der Waals surface area (Å²) in [5.74, 6) is 1.76. The Kier molecular flexibility index (Phi) is 8.42. The van der Waals surface area contributed by atoms with E-state index >= 15 is 0 Å². The van der Waals surface area contributed by atoms with E-state index in [0.717, 1.165) is 105 Å². The highest BCUT2D eigenvalue weighted by Crippen LogP contribution is 2.42. The average molecular weight is 794 g/mol. The van der Waals surface area contributed by atoms with Crippen LogP contribution in [0.1, 0.15) is 0 Å². The van der Waals surface area contributed by atoms with E-state index < -0.39 is 0 Å². The standard InChI is InChI=1S/C57H35N3O2/c1-4-16-36(17-5-1)43-26-12-30-47-49-32-14-28-45(53(49)61-51(43)47)39-22-10-24-41(34-39)56-58-55(38-20-8-3-9-21-38)59-57(60-56)42-25-11-23-40(35-42)46-29-15-33-50-48-31-13-27-44(52(48)62-54(46)50)37-18-6-2-7-19-37/h1-35H. The number of nitrogens with zero attached hydrogens (tertiary/aromatic N) is 3. The third kappa shape index (κ3) is 6.06. The summed E-state index contributed by atoms with van der Waals surface area (Å²) < 4.78 is 13.6. The fourth-order valence-corrected chi connectivity index (χ4v) is 8.79. The first-order valence-electron chi connectivity index (χ1n) is 20.8. The number of aromatic nitrogens is 3. The van der Waals surface area contributed by atoms with Crippen LogP contribution < -0.4 is 0 Å². The Morgan fingerprint density at radius 2 is 0.500 bits per heavy atom. The molecule has 0 saturated heterocycles. The molecule has 12 aromatic rings. The Labute approximate surface area is 357 Å². The van der Waals surface area contributed by atoms with Gasteiger partial charge in [-0.25, -0.2) is 15.0 Å². The van der Waals surface area contributed by atoms with Gasteiger partial charge in [0.05, 0.1) is 0 Å². The molecule has 0 bridgehead atoms. The quantitative estimate of drug-likeness (QED) is 0.161. The smallest absolute Gasteiger partial charge is 0.164 e. The second-order valence-electron chi connectivity index (χ2n) is 15.5. The van der Waals surface area contributed by atoms with Crippen molar-refractivity contribution in [1.29, 1.82) is 0 Å². The lowest BCUT2D eigenvalue weighted by molar-refractivity contribution is 0.670. The first kappa shape index (κ1) is 35.5. The van der Waals surface area contributed by atoms with E-state index in [1.807, 2.05) is 42.5 Å². The van der Waals surface area contributed by atoms with E-state index in [4.69, 9.17) is 23.8 Å². The van der Waals surface area contributed by atoms with Crippen LogP contribution in [-0.2, 0) is 0 Å². The van der Waals surface area contributed by atoms with Crippen LogP contribution >= 0.6 is 0 Å². The van der Waals surface area contributed by atoms with Crippen molar-refractivity contribution in [1.82, 2.24) is 15.0 Å². The molecule has 0 unspecified atom stereocenters. The monoisotopic (exact) mass is 793 g/mol. The maximum Gasteiger partial charge on any atom is 0.164 e. The number of rotatable bonds is 7. The molecule has 9 aromatic carbocycles. The van der Waals surface area contributed by atoms with Crippen LogP contribution in [0.3, 0.4) is 0 Å². The molecule has 0 N–H and O–H groups in total. The Balaban J connectivity index is 0.976. The molecule has 5 nitrogen and oxygen atoms in total. The van der Waals surface area contributed by atoms with Gasteiger partial charge in [0, 0.05) is 60.5 Å². The van der Waals surface area contributed by atoms with Gasteiger partial charge in [0.15, 0.2) is 17.5 Å². The molecule has 290 valence electrons. The van der Waals surface area contributed by atoms with Gasteiger partial charge in [0.2, 0.25) is 0 Å². The van der Waals surface area contributed by atoms with Crippen molar-refractivity contribution < 1.29 is 8.83 Å². The minimum atomic E-state index is 0.581. The van der Waals surface area contributed by atoms with E-state index in [0.29, 0.717) is 17.5 Å². The fourth-order valence-electron chi connectivity index (χ4n) is 8.79. The average Bonchev–Trinajstić information content (AvgIpc) is 3.94. The molecule has 0 amide bonds. The molecule has 0 atom stereocenters. The summed E-state index contributed by atoms with van der Waals surface area (Å²) in [7, 11) is 0. The van der Waals surface area contributed by atoms with Gasteiger partial charge in [-0.2, -0.15) is 0 Å². The summed E-state index contributed by atoms with van der Waals surface area (Å²) >= 11 is 0. The molecular formula is C57H35N3O2. The van der Waals surface area contributed by atoms with Gasteiger partial charge in [0.25, 0.3) is 0 Å². The predicted molar refractivity (Wildman–Crippen MR) is 252 cm³/mol. The normalized spacial score (nSPS) is 11.5. The summed E-state index contributed by atoms with van der Waals surface area (Å²) in [6, 6.07) is 73.1. The largest absolute Gasteiger partial charge is 0.455 e. The van der Waals surface area contributed by atoms with Gasteiger partial charge in [-0.15, -0.1) is 0 Å². The molecule has 3 heterocycles. The highest BCUT2D eigenvalue weighted by atomic mass is 16.3. The van der Waals surface area contributed by atoms with Gasteiger partial charge in [-0.1, -0.05) is 200 Å². The Hall–Kier alpha value is -8.41. The summed E-state index contributed by atoms with van der Waals surface area (Å²) in [6.07, 6.45) is 0. The molecule has 62 heavy (non-hydrogen) atoms. The van der Waals surface area contributed by atoms with E-state index in [-0.39, 0.29) is 0 Å². The highest BCUT2D eigenvalue weighted by molar-refractivity contribution is 6.14. The Morgan fingerprint density at radius 3 is 0.871 bits per heavy atom. The van der Waals surface area contributed by atoms with Crippen molar-refractivity contribution in [2.24, 2.45) is 0 Å². The lowest BCUT2D eigenvalue weighted by atomic mass is 9.99. The van der Waals surface area contributed by atoms with Gasteiger partial charge in [-0.3, -0.25) is 0 Å². The van der Waals surface area contributed by atoms with E-state index in [2.05, 4.69) is 170 Å². The lowest BCUT2D eigenvalue weighted by Gasteiger charge is -2.11. The SMILES string of the molecule is c1ccc(-c2nc(-c3cccc(-c4cccc5c4oc4c(-c6ccccc6)cccc45)c3)nc(-c3cccc(-c4cccc5c4oc4c(-c6ccccc6)cccc45)c3)n2)cc1. The molecule has 0 aliphatic rings. The maximum atomic E-state index is 6.79. The van der Waals surface area contributed by atoms with Crippen LogP contribution in [0.15, 0.2) is 221 Å². The van der Waals surface area contributed by atoms with Crippen molar-refractivity contribution >= 4 is 43.9 Å². The van der Waals surface area contributed by atoms with Crippen LogP contribution in [-0.4, -0.2) is 15.0 Å². The molecule has 5 heteroatoms. The highest BCUT2D eigenvalue weighted by Gasteiger charge is 2.19. The molecular weight excluding hydrogens is 759 g/mol. The molecule has 0 aliphatic heterocycles. The molecule has 0 spiro atoms. The van der Waals surface area contributed by atoms with Crippen LogP contribution in [0, 0.1) is 0 Å². The molecule has 12 rings (SSSR count). The minimum absolute atomic E-state index is 0.581. The van der Waals surface area contributed by atoms with Crippen molar-refractivity contribution in [2.75, 3.05) is 0 Å². The molecule has 0 aliphatic carbocycles. The number of hydrogen-bond donors (Lipinski definition) is 0. The molecule has 3 aromatic heterocycles. The topological polar surface area (TPSA) is 65.0 Å². The number of fused-ring (bicyclic) bond motifs is 6. The number of furan rings is 2. The van der Waals surface area contributed by atoms with Crippen LogP contribution in [0.2, 0.25) is 0 Å². The van der Waals surface area contributed by atoms with Crippen LogP contribution in [0.4, 0.5) is 0 Å². The summed E-state index contributed by atoms with van der Waals surface area (Å²) in [6.45, 7) is 0. The fraction of sp³-hybridized carbons (Fsp3) is 0. The van der Waals surface area contributed by atoms with Gasteiger partial charge in [-0.05, 0) is 34.4 Å². The summed E-state index contributed by atoms with van der Waals surface area (Å²) in [5, 5.41) is 4.32. The number of para-hydroxylation sites is 4. The zero-order valence-electron chi connectivity index (χ0n) is 33.4. The van der Waals surface area contributed by atoms with Crippen LogP contribution in [0.25, 0.3) is 123 Å². The van der Waals surface area contributed by atoms with Crippen molar-refractivity contribution in [2.45, 2.75) is 0 Å². The second-order valence-corrected chi connectivity index (χ2v) is 15.5. The lowest BCUT2D eigenvalue weighted by Crippen LogP contribution is -2.00. The third-order valence-electron chi connectivity index (χ3n) is 11.7. The first-order valence-corrected chi connectivity index (χ1v) is 20.8. The zero-order valence-corrected chi connectivity index (χ0v) is 33.4. The molecule has 0 saturated carbocycles. The Morgan fingerprint density at radius 1 is 0.226 bits per heavy atom. The zero-order chi connectivity index (χ0) is 41.0. The Bertz CT molecular complexity index is 3410. The number of benzene rings is 9. The van der Waals surface area contributed by atoms with Crippen LogP contribution in [0.5, 0.6) is 0 Å². The predicted octanol–water partition coefficient (Wildman–Crippen LogP) is 15.3. The van der Waals surface area contributed by atoms with Gasteiger partial charge in [0.1, 0.15) is 22.3 Å². The van der Waals surface area contributed by atoms with Crippen molar-refractivity contribution in [3.63, 3.8) is 0 Å². The molecule has 0 radical (unpaired) electrons. The van der Waals surface area contributed by atoms with E-state index in [1.165, 1.54) is 0 Å². The number of hydrogen-bond acceptors (Lipinski definition) is 5. The third-order valence-corrected chi connectivity index (χ3v) is 11.7. The molecule has 0 fully saturated rings. The van der Waals surface area contributed by atoms with Gasteiger partial charge < -0.3 is 8.83 Å². The second kappa shape index (κ2) is 14.7. The summed E-state index contributed by atoms with van der Waals surface area (Å²) in [5.41, 5.74) is 14.5. The maximum absolute atomic E-state index is 6.79. The summed E-state index contributed by atoms with van der Waals surface area (Å²) in [4.78, 5) is 15.4. The van der Waals surface area contributed by atoms with Crippen molar-refractivity contribution in [3.05, 3.63) is 212 Å². The van der Waals surface area contributed by atoms with E-state index in [9.17, 15) is 0 Å². The minimum Gasteiger partial charge on any atom is -0.455 e.